The van der Waals surface area contributed by atoms with Crippen LogP contribution >= 0.6 is 0 Å². The lowest BCUT2D eigenvalue weighted by Crippen LogP contribution is -2.27. The third-order valence-corrected chi connectivity index (χ3v) is 4.07. The van der Waals surface area contributed by atoms with Gasteiger partial charge >= 0.3 is 0 Å². The molecule has 0 bridgehead atoms. The van der Waals surface area contributed by atoms with Crippen molar-refractivity contribution in [2.24, 2.45) is 0 Å². The average Bonchev–Trinajstić information content (AvgIpc) is 2.67. The predicted molar refractivity (Wildman–Crippen MR) is 84.3 cm³/mol. The SMILES string of the molecule is CCCCC(=O)NCCc1ccc2c(c1)C(C)(C)C(=O)N2. The topological polar surface area (TPSA) is 58.2 Å². The molecule has 2 N–H and O–H groups in total. The maximum atomic E-state index is 11.9. The van der Waals surface area contributed by atoms with E-state index in [-0.39, 0.29) is 11.8 Å². The van der Waals surface area contributed by atoms with Crippen LogP contribution in [-0.4, -0.2) is 18.4 Å². The van der Waals surface area contributed by atoms with Gasteiger partial charge in [-0.1, -0.05) is 25.5 Å². The van der Waals surface area contributed by atoms with Gasteiger partial charge in [0.15, 0.2) is 0 Å². The van der Waals surface area contributed by atoms with Crippen molar-refractivity contribution >= 4 is 17.5 Å². The first-order chi connectivity index (χ1) is 9.95. The molecule has 0 saturated carbocycles. The van der Waals surface area contributed by atoms with Gasteiger partial charge in [-0.15, -0.1) is 0 Å². The molecule has 0 saturated heterocycles. The summed E-state index contributed by atoms with van der Waals surface area (Å²) in [6, 6.07) is 6.04. The fraction of sp³-hybridized carbons (Fsp3) is 0.529. The van der Waals surface area contributed by atoms with Crippen LogP contribution in [0.4, 0.5) is 5.69 Å². The van der Waals surface area contributed by atoms with Gasteiger partial charge in [0.25, 0.3) is 0 Å². The molecule has 0 aromatic heterocycles. The lowest BCUT2D eigenvalue weighted by atomic mass is 9.85. The highest BCUT2D eigenvalue weighted by Gasteiger charge is 2.38. The van der Waals surface area contributed by atoms with Crippen molar-refractivity contribution < 1.29 is 9.59 Å². The number of rotatable bonds is 6. The van der Waals surface area contributed by atoms with E-state index >= 15 is 0 Å². The minimum Gasteiger partial charge on any atom is -0.356 e. The molecule has 0 atom stereocenters. The van der Waals surface area contributed by atoms with Gasteiger partial charge in [0.05, 0.1) is 5.41 Å². The van der Waals surface area contributed by atoms with Gasteiger partial charge in [-0.2, -0.15) is 0 Å². The van der Waals surface area contributed by atoms with Crippen LogP contribution in [0.25, 0.3) is 0 Å². The van der Waals surface area contributed by atoms with E-state index in [1.165, 1.54) is 0 Å². The monoisotopic (exact) mass is 288 g/mol. The smallest absolute Gasteiger partial charge is 0.234 e. The molecule has 2 rings (SSSR count). The van der Waals surface area contributed by atoms with Crippen molar-refractivity contribution in [1.29, 1.82) is 0 Å². The summed E-state index contributed by atoms with van der Waals surface area (Å²) < 4.78 is 0. The summed E-state index contributed by atoms with van der Waals surface area (Å²) >= 11 is 0. The summed E-state index contributed by atoms with van der Waals surface area (Å²) in [6.07, 6.45) is 3.36. The number of unbranched alkanes of at least 4 members (excludes halogenated alkanes) is 1. The first-order valence-corrected chi connectivity index (χ1v) is 7.66. The first kappa shape index (κ1) is 15.5. The Morgan fingerprint density at radius 2 is 2.10 bits per heavy atom. The molecule has 1 aromatic rings. The highest BCUT2D eigenvalue weighted by molar-refractivity contribution is 6.05. The zero-order chi connectivity index (χ0) is 15.5. The molecule has 1 aliphatic heterocycles. The van der Waals surface area contributed by atoms with Gasteiger partial charge in [-0.25, -0.2) is 0 Å². The molecular weight excluding hydrogens is 264 g/mol. The zero-order valence-corrected chi connectivity index (χ0v) is 13.1. The summed E-state index contributed by atoms with van der Waals surface area (Å²) in [4.78, 5) is 23.5. The molecule has 0 radical (unpaired) electrons. The molecule has 114 valence electrons. The van der Waals surface area contributed by atoms with Crippen LogP contribution in [0.15, 0.2) is 18.2 Å². The summed E-state index contributed by atoms with van der Waals surface area (Å²) in [5.74, 6) is 0.165. The number of carbonyl (C=O) groups excluding carboxylic acids is 2. The van der Waals surface area contributed by atoms with E-state index in [4.69, 9.17) is 0 Å². The van der Waals surface area contributed by atoms with Crippen LogP contribution in [0, 0.1) is 0 Å². The van der Waals surface area contributed by atoms with Crippen molar-refractivity contribution in [1.82, 2.24) is 5.32 Å². The van der Waals surface area contributed by atoms with Crippen molar-refractivity contribution in [3.05, 3.63) is 29.3 Å². The lowest BCUT2D eigenvalue weighted by Gasteiger charge is -2.16. The minimum atomic E-state index is -0.476. The fourth-order valence-corrected chi connectivity index (χ4v) is 2.55. The Morgan fingerprint density at radius 3 is 2.81 bits per heavy atom. The number of hydrogen-bond acceptors (Lipinski definition) is 2. The largest absolute Gasteiger partial charge is 0.356 e. The molecular formula is C17H24N2O2. The first-order valence-electron chi connectivity index (χ1n) is 7.66. The highest BCUT2D eigenvalue weighted by atomic mass is 16.2. The van der Waals surface area contributed by atoms with Crippen LogP contribution in [0.3, 0.4) is 0 Å². The quantitative estimate of drug-likeness (QED) is 0.845. The number of hydrogen-bond donors (Lipinski definition) is 2. The zero-order valence-electron chi connectivity index (χ0n) is 13.1. The molecule has 1 aliphatic rings. The van der Waals surface area contributed by atoms with Crippen molar-refractivity contribution in [2.45, 2.75) is 51.9 Å². The third-order valence-electron chi connectivity index (χ3n) is 4.07. The lowest BCUT2D eigenvalue weighted by molar-refractivity contribution is -0.121. The Hall–Kier alpha value is -1.84. The summed E-state index contributed by atoms with van der Waals surface area (Å²) in [7, 11) is 0. The molecule has 2 amide bonds. The second-order valence-electron chi connectivity index (χ2n) is 6.16. The van der Waals surface area contributed by atoms with Crippen molar-refractivity contribution in [3.63, 3.8) is 0 Å². The van der Waals surface area contributed by atoms with E-state index < -0.39 is 5.41 Å². The number of carbonyl (C=O) groups is 2. The average molecular weight is 288 g/mol. The van der Waals surface area contributed by atoms with Crippen LogP contribution in [0.1, 0.15) is 51.2 Å². The molecule has 4 heteroatoms. The Morgan fingerprint density at radius 1 is 1.33 bits per heavy atom. The van der Waals surface area contributed by atoms with Gasteiger partial charge in [0.1, 0.15) is 0 Å². The van der Waals surface area contributed by atoms with Gasteiger partial charge in [0, 0.05) is 18.7 Å². The predicted octanol–water partition coefficient (Wildman–Crippen LogP) is 2.77. The second-order valence-corrected chi connectivity index (χ2v) is 6.16. The molecule has 0 fully saturated rings. The van der Waals surface area contributed by atoms with Gasteiger partial charge in [0.2, 0.25) is 11.8 Å². The van der Waals surface area contributed by atoms with Crippen LogP contribution in [0.2, 0.25) is 0 Å². The Kier molecular flexibility index (Phi) is 4.66. The number of fused-ring (bicyclic) bond motifs is 1. The van der Waals surface area contributed by atoms with Crippen LogP contribution in [-0.2, 0) is 21.4 Å². The number of amides is 2. The van der Waals surface area contributed by atoms with Gasteiger partial charge in [-0.3, -0.25) is 9.59 Å². The number of benzene rings is 1. The molecule has 0 spiro atoms. The van der Waals surface area contributed by atoms with Crippen molar-refractivity contribution in [3.8, 4) is 0 Å². The number of nitrogens with one attached hydrogen (secondary N) is 2. The molecule has 1 heterocycles. The second kappa shape index (κ2) is 6.29. The highest BCUT2D eigenvalue weighted by Crippen LogP contribution is 2.37. The molecule has 21 heavy (non-hydrogen) atoms. The fourth-order valence-electron chi connectivity index (χ4n) is 2.55. The molecule has 0 aliphatic carbocycles. The van der Waals surface area contributed by atoms with E-state index in [9.17, 15) is 9.59 Å². The van der Waals surface area contributed by atoms with Crippen molar-refractivity contribution in [2.75, 3.05) is 11.9 Å². The Bertz CT molecular complexity index is 550. The van der Waals surface area contributed by atoms with Crippen LogP contribution in [0.5, 0.6) is 0 Å². The van der Waals surface area contributed by atoms with E-state index in [1.54, 1.807) is 0 Å². The van der Waals surface area contributed by atoms with Crippen LogP contribution < -0.4 is 10.6 Å². The van der Waals surface area contributed by atoms with Gasteiger partial charge < -0.3 is 10.6 Å². The summed E-state index contributed by atoms with van der Waals surface area (Å²) in [5.41, 5.74) is 2.62. The molecule has 1 aromatic carbocycles. The normalized spacial score (nSPS) is 15.5. The molecule has 4 nitrogen and oxygen atoms in total. The summed E-state index contributed by atoms with van der Waals surface area (Å²) in [5, 5.41) is 5.85. The third kappa shape index (κ3) is 3.43. The van der Waals surface area contributed by atoms with E-state index in [0.717, 1.165) is 36.1 Å². The van der Waals surface area contributed by atoms with E-state index in [1.807, 2.05) is 26.0 Å². The minimum absolute atomic E-state index is 0.0440. The maximum Gasteiger partial charge on any atom is 0.234 e. The summed E-state index contributed by atoms with van der Waals surface area (Å²) in [6.45, 7) is 6.59. The molecule has 0 unspecified atom stereocenters. The van der Waals surface area contributed by atoms with E-state index in [2.05, 4.69) is 23.6 Å². The van der Waals surface area contributed by atoms with Gasteiger partial charge in [-0.05, 0) is 43.9 Å². The Balaban J connectivity index is 1.93. The van der Waals surface area contributed by atoms with E-state index in [0.29, 0.717) is 13.0 Å². The Labute approximate surface area is 126 Å². The standard InChI is InChI=1S/C17H24N2O2/c1-4-5-6-15(20)18-10-9-12-7-8-14-13(11-12)17(2,3)16(21)19-14/h7-8,11H,4-6,9-10H2,1-3H3,(H,18,20)(H,19,21). The maximum absolute atomic E-state index is 11.9. The number of anilines is 1.